The van der Waals surface area contributed by atoms with Gasteiger partial charge in [0.2, 0.25) is 11.8 Å². The van der Waals surface area contributed by atoms with Gasteiger partial charge in [0.05, 0.1) is 29.6 Å². The fraction of sp³-hybridized carbons (Fsp3) is 0.237. The summed E-state index contributed by atoms with van der Waals surface area (Å²) in [5.41, 5.74) is 4.22. The Bertz CT molecular complexity index is 1820. The fourth-order valence-corrected chi connectivity index (χ4v) is 6.03. The number of ether oxygens (including phenoxy) is 1. The van der Waals surface area contributed by atoms with Crippen LogP contribution in [0.4, 0.5) is 0 Å². The standard InChI is InChI=1S/C38H35N5O3/c39-24-34(31-10-6-20-40-25-31)28-18-21-43(22-19-28)38(45)37(30-8-2-1-3-9-30)42-36(44)23-27-12-16-33(17-13-27)46-26-32-15-14-29-7-4-5-11-35(29)41-32/h1-17,20,25,28,34,37H,18-19,21-23,26H2,(H,42,44)/t34?,37-/m0/s1. The molecule has 1 unspecified atom stereocenters. The second-order valence-electron chi connectivity index (χ2n) is 11.6. The van der Waals surface area contributed by atoms with E-state index in [2.05, 4.69) is 21.4 Å². The van der Waals surface area contributed by atoms with Crippen molar-refractivity contribution < 1.29 is 14.3 Å². The summed E-state index contributed by atoms with van der Waals surface area (Å²) < 4.78 is 5.94. The van der Waals surface area contributed by atoms with Crippen LogP contribution in [-0.2, 0) is 22.6 Å². The number of pyridine rings is 2. The zero-order valence-electron chi connectivity index (χ0n) is 25.5. The van der Waals surface area contributed by atoms with Gasteiger partial charge in [-0.15, -0.1) is 0 Å². The van der Waals surface area contributed by atoms with Crippen LogP contribution in [0, 0.1) is 17.2 Å². The smallest absolute Gasteiger partial charge is 0.249 e. The summed E-state index contributed by atoms with van der Waals surface area (Å²) in [6.07, 6.45) is 4.99. The molecule has 1 N–H and O–H groups in total. The summed E-state index contributed by atoms with van der Waals surface area (Å²) in [5, 5.41) is 13.9. The molecule has 5 aromatic rings. The van der Waals surface area contributed by atoms with Crippen LogP contribution in [0.2, 0.25) is 0 Å². The lowest BCUT2D eigenvalue weighted by atomic mass is 9.81. The SMILES string of the molecule is N#CC(c1cccnc1)C1CCN(C(=O)[C@@H](NC(=O)Cc2ccc(OCc3ccc4ccccc4n3)cc2)c2ccccc2)CC1. The molecular weight excluding hydrogens is 574 g/mol. The first kappa shape index (κ1) is 30.5. The third-order valence-corrected chi connectivity index (χ3v) is 8.52. The van der Waals surface area contributed by atoms with Crippen LogP contribution < -0.4 is 10.1 Å². The third kappa shape index (κ3) is 7.39. The van der Waals surface area contributed by atoms with Gasteiger partial charge in [-0.05, 0) is 65.8 Å². The van der Waals surface area contributed by atoms with Gasteiger partial charge in [-0.2, -0.15) is 5.26 Å². The van der Waals surface area contributed by atoms with Crippen LogP contribution in [-0.4, -0.2) is 39.8 Å². The maximum atomic E-state index is 13.8. The van der Waals surface area contributed by atoms with Crippen molar-refractivity contribution in [3.05, 3.63) is 138 Å². The molecule has 1 saturated heterocycles. The van der Waals surface area contributed by atoms with Gasteiger partial charge < -0.3 is 15.0 Å². The van der Waals surface area contributed by atoms with E-state index >= 15 is 0 Å². The lowest BCUT2D eigenvalue weighted by molar-refractivity contribution is -0.137. The van der Waals surface area contributed by atoms with Gasteiger partial charge in [0.25, 0.3) is 0 Å². The van der Waals surface area contributed by atoms with E-state index < -0.39 is 6.04 Å². The average molecular weight is 610 g/mol. The van der Waals surface area contributed by atoms with Crippen LogP contribution in [0.1, 0.15) is 47.2 Å². The molecule has 1 fully saturated rings. The van der Waals surface area contributed by atoms with Crippen LogP contribution in [0.3, 0.4) is 0 Å². The molecule has 0 spiro atoms. The predicted molar refractivity (Wildman–Crippen MR) is 175 cm³/mol. The largest absolute Gasteiger partial charge is 0.487 e. The van der Waals surface area contributed by atoms with Gasteiger partial charge in [0.15, 0.2) is 0 Å². The first-order valence-corrected chi connectivity index (χ1v) is 15.6. The Hall–Kier alpha value is -5.55. The highest BCUT2D eigenvalue weighted by atomic mass is 16.5. The number of hydrogen-bond acceptors (Lipinski definition) is 6. The van der Waals surface area contributed by atoms with E-state index in [9.17, 15) is 14.9 Å². The maximum Gasteiger partial charge on any atom is 0.249 e. The van der Waals surface area contributed by atoms with Crippen molar-refractivity contribution in [1.82, 2.24) is 20.2 Å². The summed E-state index contributed by atoms with van der Waals surface area (Å²) in [4.78, 5) is 37.7. The normalized spacial score (nSPS) is 14.6. The predicted octanol–water partition coefficient (Wildman–Crippen LogP) is 6.15. The van der Waals surface area contributed by atoms with Crippen LogP contribution in [0.5, 0.6) is 5.75 Å². The van der Waals surface area contributed by atoms with Gasteiger partial charge in [0, 0.05) is 30.9 Å². The number of aromatic nitrogens is 2. The molecule has 0 radical (unpaired) electrons. The average Bonchev–Trinajstić information content (AvgIpc) is 3.11. The lowest BCUT2D eigenvalue weighted by Crippen LogP contribution is -2.46. The number of nitrogens with zero attached hydrogens (tertiary/aromatic N) is 4. The first-order valence-electron chi connectivity index (χ1n) is 15.6. The molecule has 8 heteroatoms. The summed E-state index contributed by atoms with van der Waals surface area (Å²) >= 11 is 0. The Labute approximate surface area is 268 Å². The number of hydrogen-bond donors (Lipinski definition) is 1. The molecule has 2 aromatic heterocycles. The number of fused-ring (bicyclic) bond motifs is 1. The fourth-order valence-electron chi connectivity index (χ4n) is 6.03. The van der Waals surface area contributed by atoms with Crippen LogP contribution >= 0.6 is 0 Å². The molecule has 230 valence electrons. The first-order chi connectivity index (χ1) is 22.6. The number of amides is 2. The summed E-state index contributed by atoms with van der Waals surface area (Å²) in [6.45, 7) is 1.39. The Morgan fingerprint density at radius 3 is 2.37 bits per heavy atom. The highest BCUT2D eigenvalue weighted by Gasteiger charge is 2.33. The second kappa shape index (κ2) is 14.5. The Balaban J connectivity index is 1.05. The Morgan fingerprint density at radius 2 is 1.63 bits per heavy atom. The van der Waals surface area contributed by atoms with Crippen molar-refractivity contribution in [1.29, 1.82) is 5.26 Å². The van der Waals surface area contributed by atoms with E-state index in [-0.39, 0.29) is 30.1 Å². The Kier molecular flexibility index (Phi) is 9.60. The lowest BCUT2D eigenvalue weighted by Gasteiger charge is -2.36. The number of rotatable bonds is 10. The quantitative estimate of drug-likeness (QED) is 0.203. The molecule has 2 atom stereocenters. The molecule has 3 aromatic carbocycles. The molecule has 0 saturated carbocycles. The van der Waals surface area contributed by atoms with E-state index in [0.717, 1.165) is 33.3 Å². The molecule has 46 heavy (non-hydrogen) atoms. The summed E-state index contributed by atoms with van der Waals surface area (Å²) in [5.74, 6) is 0.176. The number of carbonyl (C=O) groups excluding carboxylic acids is 2. The molecule has 0 aliphatic carbocycles. The number of benzene rings is 3. The van der Waals surface area contributed by atoms with E-state index in [1.54, 1.807) is 12.4 Å². The summed E-state index contributed by atoms with van der Waals surface area (Å²) in [6, 6.07) is 34.1. The number of piperidine rings is 1. The van der Waals surface area contributed by atoms with Crippen LogP contribution in [0.15, 0.2) is 116 Å². The molecule has 0 bridgehead atoms. The third-order valence-electron chi connectivity index (χ3n) is 8.52. The topological polar surface area (TPSA) is 108 Å². The molecule has 3 heterocycles. The number of likely N-dealkylation sites (tertiary alicyclic amines) is 1. The zero-order chi connectivity index (χ0) is 31.7. The van der Waals surface area contributed by atoms with Crippen molar-refractivity contribution in [2.75, 3.05) is 13.1 Å². The number of nitrogens with one attached hydrogen (secondary N) is 1. The number of para-hydroxylation sites is 1. The Morgan fingerprint density at radius 1 is 0.891 bits per heavy atom. The second-order valence-corrected chi connectivity index (χ2v) is 11.6. The van der Waals surface area contributed by atoms with Gasteiger partial charge in [-0.1, -0.05) is 72.8 Å². The summed E-state index contributed by atoms with van der Waals surface area (Å²) in [7, 11) is 0. The van der Waals surface area contributed by atoms with Gasteiger partial charge in [0.1, 0.15) is 18.4 Å². The molecule has 1 aliphatic heterocycles. The van der Waals surface area contributed by atoms with Crippen molar-refractivity contribution in [2.45, 2.75) is 37.8 Å². The molecule has 1 aliphatic rings. The monoisotopic (exact) mass is 609 g/mol. The van der Waals surface area contributed by atoms with Crippen molar-refractivity contribution >= 4 is 22.7 Å². The zero-order valence-corrected chi connectivity index (χ0v) is 25.5. The van der Waals surface area contributed by atoms with Crippen molar-refractivity contribution in [3.63, 3.8) is 0 Å². The number of nitriles is 1. The molecular formula is C38H35N5O3. The van der Waals surface area contributed by atoms with Gasteiger partial charge in [-0.3, -0.25) is 14.6 Å². The van der Waals surface area contributed by atoms with Crippen molar-refractivity contribution in [3.8, 4) is 11.8 Å². The van der Waals surface area contributed by atoms with Gasteiger partial charge >= 0.3 is 0 Å². The highest BCUT2D eigenvalue weighted by Crippen LogP contribution is 2.33. The van der Waals surface area contributed by atoms with E-state index in [1.807, 2.05) is 108 Å². The molecule has 8 nitrogen and oxygen atoms in total. The minimum absolute atomic E-state index is 0.125. The highest BCUT2D eigenvalue weighted by molar-refractivity contribution is 5.89. The van der Waals surface area contributed by atoms with E-state index in [0.29, 0.717) is 38.3 Å². The molecule has 2 amide bonds. The van der Waals surface area contributed by atoms with Crippen LogP contribution in [0.25, 0.3) is 10.9 Å². The minimum atomic E-state index is -0.799. The van der Waals surface area contributed by atoms with Gasteiger partial charge in [-0.25, -0.2) is 4.98 Å². The van der Waals surface area contributed by atoms with E-state index in [1.165, 1.54) is 0 Å². The maximum absolute atomic E-state index is 13.8. The molecule has 6 rings (SSSR count). The van der Waals surface area contributed by atoms with E-state index in [4.69, 9.17) is 4.74 Å². The van der Waals surface area contributed by atoms with Crippen molar-refractivity contribution in [2.24, 2.45) is 5.92 Å². The minimum Gasteiger partial charge on any atom is -0.487 e. The number of carbonyl (C=O) groups is 2.